The first-order chi connectivity index (χ1) is 9.42. The minimum absolute atomic E-state index is 0.239. The van der Waals surface area contributed by atoms with E-state index in [1.807, 2.05) is 0 Å². The molecule has 8 heteroatoms. The van der Waals surface area contributed by atoms with E-state index in [-0.39, 0.29) is 6.04 Å². The maximum atomic E-state index is 13.5. The van der Waals surface area contributed by atoms with Crippen LogP contribution in [0.15, 0.2) is 23.1 Å². The molecule has 0 aliphatic heterocycles. The molecule has 0 radical (unpaired) electrons. The van der Waals surface area contributed by atoms with Crippen molar-refractivity contribution < 1.29 is 17.7 Å². The molecular weight excluding hydrogens is 287 g/mol. The highest BCUT2D eigenvalue weighted by Crippen LogP contribution is 2.28. The van der Waals surface area contributed by atoms with Gasteiger partial charge in [0.1, 0.15) is 0 Å². The average Bonchev–Trinajstić information content (AvgIpc) is 2.38. The fourth-order valence-corrected chi connectivity index (χ4v) is 3.88. The highest BCUT2D eigenvalue weighted by atomic mass is 32.2. The molecule has 0 amide bonds. The van der Waals surface area contributed by atoms with Crippen LogP contribution >= 0.6 is 0 Å². The zero-order valence-electron chi connectivity index (χ0n) is 10.7. The summed E-state index contributed by atoms with van der Waals surface area (Å²) >= 11 is 0. The Morgan fingerprint density at radius 3 is 2.50 bits per heavy atom. The summed E-state index contributed by atoms with van der Waals surface area (Å²) in [6, 6.07) is 2.83. The quantitative estimate of drug-likeness (QED) is 0.683. The van der Waals surface area contributed by atoms with Crippen LogP contribution in [-0.4, -0.2) is 19.4 Å². The maximum absolute atomic E-state index is 13.5. The second-order valence-corrected chi connectivity index (χ2v) is 6.48. The number of nitro groups is 1. The van der Waals surface area contributed by atoms with Crippen molar-refractivity contribution >= 4 is 15.7 Å². The average molecular weight is 302 g/mol. The summed E-state index contributed by atoms with van der Waals surface area (Å²) in [5.41, 5.74) is -1.00. The molecule has 0 spiro atoms. The Hall–Kier alpha value is -1.54. The Morgan fingerprint density at radius 2 is 1.90 bits per heavy atom. The van der Waals surface area contributed by atoms with E-state index in [1.165, 1.54) is 0 Å². The van der Waals surface area contributed by atoms with Gasteiger partial charge < -0.3 is 0 Å². The molecule has 0 aromatic heterocycles. The zero-order chi connectivity index (χ0) is 14.8. The molecule has 0 unspecified atom stereocenters. The van der Waals surface area contributed by atoms with Gasteiger partial charge >= 0.3 is 5.69 Å². The first-order valence-corrected chi connectivity index (χ1v) is 7.85. The second kappa shape index (κ2) is 5.84. The smallest absolute Gasteiger partial charge is 0.258 e. The topological polar surface area (TPSA) is 89.3 Å². The van der Waals surface area contributed by atoms with Crippen LogP contribution in [0.5, 0.6) is 0 Å². The molecular formula is C12H15FN2O4S. The van der Waals surface area contributed by atoms with Crippen LogP contribution in [0.3, 0.4) is 0 Å². The number of para-hydroxylation sites is 1. The largest absolute Gasteiger partial charge is 0.324 e. The monoisotopic (exact) mass is 302 g/mol. The molecule has 110 valence electrons. The molecule has 0 bridgehead atoms. The summed E-state index contributed by atoms with van der Waals surface area (Å²) < 4.78 is 40.3. The van der Waals surface area contributed by atoms with E-state index in [0.29, 0.717) is 12.8 Å². The van der Waals surface area contributed by atoms with Crippen molar-refractivity contribution in [3.8, 4) is 0 Å². The standard InChI is InChI=1S/C12H15FN2O4S/c13-10-7-4-8-11(12(10)15(16)17)20(18,19)14-9-5-2-1-3-6-9/h4,7-9,14H,1-3,5-6H2. The SMILES string of the molecule is O=[N+]([O-])c1c(F)cccc1S(=O)(=O)NC1CCCCC1. The molecule has 1 aliphatic rings. The van der Waals surface area contributed by atoms with E-state index in [9.17, 15) is 22.9 Å². The van der Waals surface area contributed by atoms with Crippen molar-refractivity contribution in [1.82, 2.24) is 4.72 Å². The summed E-state index contributed by atoms with van der Waals surface area (Å²) in [6.45, 7) is 0. The van der Waals surface area contributed by atoms with Gasteiger partial charge in [0, 0.05) is 6.04 Å². The van der Waals surface area contributed by atoms with Gasteiger partial charge in [0.05, 0.1) is 4.92 Å². The van der Waals surface area contributed by atoms with Gasteiger partial charge in [-0.25, -0.2) is 13.1 Å². The van der Waals surface area contributed by atoms with E-state index < -0.39 is 31.3 Å². The Balaban J connectivity index is 2.34. The lowest BCUT2D eigenvalue weighted by Gasteiger charge is -2.22. The van der Waals surface area contributed by atoms with Crippen molar-refractivity contribution in [3.63, 3.8) is 0 Å². The zero-order valence-corrected chi connectivity index (χ0v) is 11.5. The number of nitro benzene ring substituents is 1. The molecule has 1 fully saturated rings. The first-order valence-electron chi connectivity index (χ1n) is 6.37. The lowest BCUT2D eigenvalue weighted by Crippen LogP contribution is -2.36. The van der Waals surface area contributed by atoms with E-state index in [0.717, 1.165) is 37.5 Å². The van der Waals surface area contributed by atoms with E-state index in [1.54, 1.807) is 0 Å². The normalized spacial score (nSPS) is 17.1. The third-order valence-corrected chi connectivity index (χ3v) is 4.90. The summed E-state index contributed by atoms with van der Waals surface area (Å²) in [6.07, 6.45) is 4.28. The highest BCUT2D eigenvalue weighted by molar-refractivity contribution is 7.89. The number of hydrogen-bond acceptors (Lipinski definition) is 4. The van der Waals surface area contributed by atoms with Crippen molar-refractivity contribution in [1.29, 1.82) is 0 Å². The number of rotatable bonds is 4. The van der Waals surface area contributed by atoms with Gasteiger partial charge in [-0.1, -0.05) is 25.3 Å². The summed E-state index contributed by atoms with van der Waals surface area (Å²) in [5.74, 6) is -1.15. The number of benzene rings is 1. The maximum Gasteiger partial charge on any atom is 0.324 e. The molecule has 2 rings (SSSR count). The Morgan fingerprint density at radius 1 is 1.25 bits per heavy atom. The predicted octanol–water partition coefficient (Wildman–Crippen LogP) is 2.34. The molecule has 20 heavy (non-hydrogen) atoms. The number of hydrogen-bond donors (Lipinski definition) is 1. The van der Waals surface area contributed by atoms with E-state index >= 15 is 0 Å². The molecule has 0 atom stereocenters. The van der Waals surface area contributed by atoms with Crippen molar-refractivity contribution in [2.75, 3.05) is 0 Å². The molecule has 6 nitrogen and oxygen atoms in total. The van der Waals surface area contributed by atoms with Crippen LogP contribution in [-0.2, 0) is 10.0 Å². The van der Waals surface area contributed by atoms with Crippen molar-refractivity contribution in [3.05, 3.63) is 34.1 Å². The van der Waals surface area contributed by atoms with Crippen LogP contribution in [0.25, 0.3) is 0 Å². The first kappa shape index (κ1) is 14.9. The fourth-order valence-electron chi connectivity index (χ4n) is 2.39. The van der Waals surface area contributed by atoms with E-state index in [2.05, 4.69) is 4.72 Å². The fraction of sp³-hybridized carbons (Fsp3) is 0.500. The van der Waals surface area contributed by atoms with Crippen LogP contribution in [0.2, 0.25) is 0 Å². The lowest BCUT2D eigenvalue weighted by atomic mass is 9.96. The Bertz CT molecular complexity index is 612. The van der Waals surface area contributed by atoms with Crippen molar-refractivity contribution in [2.45, 2.75) is 43.0 Å². The summed E-state index contributed by atoms with van der Waals surface area (Å²) in [7, 11) is -4.09. The summed E-state index contributed by atoms with van der Waals surface area (Å²) in [5, 5.41) is 10.9. The van der Waals surface area contributed by atoms with Crippen LogP contribution < -0.4 is 4.72 Å². The second-order valence-electron chi connectivity index (χ2n) is 4.80. The molecule has 0 saturated heterocycles. The van der Waals surface area contributed by atoms with Gasteiger partial charge in [-0.05, 0) is 25.0 Å². The molecule has 1 aromatic carbocycles. The van der Waals surface area contributed by atoms with Gasteiger partial charge in [-0.15, -0.1) is 0 Å². The highest BCUT2D eigenvalue weighted by Gasteiger charge is 2.31. The van der Waals surface area contributed by atoms with Crippen LogP contribution in [0.4, 0.5) is 10.1 Å². The summed E-state index contributed by atoms with van der Waals surface area (Å²) in [4.78, 5) is 9.23. The van der Waals surface area contributed by atoms with Gasteiger partial charge in [0.25, 0.3) is 0 Å². The number of nitrogens with zero attached hydrogens (tertiary/aromatic N) is 1. The van der Waals surface area contributed by atoms with Crippen molar-refractivity contribution in [2.24, 2.45) is 0 Å². The van der Waals surface area contributed by atoms with Gasteiger partial charge in [-0.3, -0.25) is 10.1 Å². The number of halogens is 1. The van der Waals surface area contributed by atoms with Gasteiger partial charge in [-0.2, -0.15) is 4.39 Å². The van der Waals surface area contributed by atoms with E-state index in [4.69, 9.17) is 0 Å². The van der Waals surface area contributed by atoms with Crippen LogP contribution in [0.1, 0.15) is 32.1 Å². The molecule has 1 saturated carbocycles. The molecule has 1 aliphatic carbocycles. The lowest BCUT2D eigenvalue weighted by molar-refractivity contribution is -0.390. The Labute approximate surface area is 116 Å². The predicted molar refractivity (Wildman–Crippen MR) is 70.2 cm³/mol. The minimum Gasteiger partial charge on any atom is -0.258 e. The molecule has 1 aromatic rings. The minimum atomic E-state index is -4.09. The third kappa shape index (κ3) is 3.13. The van der Waals surface area contributed by atoms with Gasteiger partial charge in [0.2, 0.25) is 15.8 Å². The third-order valence-electron chi connectivity index (χ3n) is 3.35. The molecule has 1 N–H and O–H groups in total. The molecule has 0 heterocycles. The van der Waals surface area contributed by atoms with Gasteiger partial charge in [0.15, 0.2) is 4.90 Å². The Kier molecular flexibility index (Phi) is 4.34. The number of sulfonamides is 1. The number of nitrogens with one attached hydrogen (secondary N) is 1. The van der Waals surface area contributed by atoms with Crippen LogP contribution in [0, 0.1) is 15.9 Å².